The summed E-state index contributed by atoms with van der Waals surface area (Å²) >= 11 is 0. The van der Waals surface area contributed by atoms with Crippen molar-refractivity contribution in [1.82, 2.24) is 15.3 Å². The van der Waals surface area contributed by atoms with Crippen LogP contribution in [0.5, 0.6) is 11.6 Å². The van der Waals surface area contributed by atoms with Gasteiger partial charge in [-0.25, -0.2) is 0 Å². The Morgan fingerprint density at radius 1 is 0.969 bits per heavy atom. The second-order valence-corrected chi connectivity index (χ2v) is 8.44. The number of fused-ring (bicyclic) bond motifs is 1. The number of hydrogen-bond donors (Lipinski definition) is 5. The lowest BCUT2D eigenvalue weighted by atomic mass is 9.86. The van der Waals surface area contributed by atoms with Gasteiger partial charge in [-0.05, 0) is 29.5 Å². The number of aromatic nitrogens is 2. The fourth-order valence-corrected chi connectivity index (χ4v) is 4.43. The lowest BCUT2D eigenvalue weighted by Crippen LogP contribution is -2.23. The molecule has 0 saturated carbocycles. The fraction of sp³-hybridized carbons (Fsp3) is 0.269. The number of hydrogen-bond acceptors (Lipinski definition) is 3. The number of carbonyl (C=O) groups excluding carboxylic acids is 1. The van der Waals surface area contributed by atoms with Crippen LogP contribution in [-0.2, 0) is 11.2 Å². The van der Waals surface area contributed by atoms with Crippen molar-refractivity contribution in [2.24, 2.45) is 0 Å². The van der Waals surface area contributed by atoms with E-state index in [-0.39, 0.29) is 23.5 Å². The lowest BCUT2D eigenvalue weighted by molar-refractivity contribution is -0.118. The summed E-state index contributed by atoms with van der Waals surface area (Å²) in [6.45, 7) is 5.93. The molecule has 0 bridgehead atoms. The van der Waals surface area contributed by atoms with Crippen LogP contribution in [0.3, 0.4) is 0 Å². The third kappa shape index (κ3) is 3.96. The van der Waals surface area contributed by atoms with E-state index in [2.05, 4.69) is 21.4 Å². The van der Waals surface area contributed by atoms with Gasteiger partial charge in [0.15, 0.2) is 5.88 Å². The first-order chi connectivity index (χ1) is 15.4. The van der Waals surface area contributed by atoms with Crippen molar-refractivity contribution < 1.29 is 15.0 Å². The summed E-state index contributed by atoms with van der Waals surface area (Å²) in [6.07, 6.45) is 0.616. The zero-order chi connectivity index (χ0) is 22.8. The smallest absolute Gasteiger partial charge is 0.216 e. The summed E-state index contributed by atoms with van der Waals surface area (Å²) in [5.41, 5.74) is 4.91. The van der Waals surface area contributed by atoms with Gasteiger partial charge in [-0.3, -0.25) is 4.79 Å². The lowest BCUT2D eigenvalue weighted by Gasteiger charge is -2.19. The van der Waals surface area contributed by atoms with E-state index in [9.17, 15) is 15.0 Å². The maximum absolute atomic E-state index is 11.5. The van der Waals surface area contributed by atoms with Crippen LogP contribution >= 0.6 is 0 Å². The zero-order valence-electron chi connectivity index (χ0n) is 18.6. The van der Waals surface area contributed by atoms with E-state index >= 15 is 0 Å². The van der Waals surface area contributed by atoms with Gasteiger partial charge < -0.3 is 25.5 Å². The Bertz CT molecular complexity index is 1240. The van der Waals surface area contributed by atoms with Crippen LogP contribution in [-0.4, -0.2) is 32.6 Å². The molecule has 6 heteroatoms. The SMILES string of the molecule is CC(=O)NCCc1c(C(c2ccccc2)c2c(O)[nH]c(C(C)C)c2O)[nH]c2ccccc12. The Balaban J connectivity index is 1.95. The first kappa shape index (κ1) is 21.6. The van der Waals surface area contributed by atoms with Crippen molar-refractivity contribution in [3.8, 4) is 11.6 Å². The summed E-state index contributed by atoms with van der Waals surface area (Å²) < 4.78 is 0. The van der Waals surface area contributed by atoms with E-state index in [4.69, 9.17) is 0 Å². The maximum Gasteiger partial charge on any atom is 0.216 e. The highest BCUT2D eigenvalue weighted by molar-refractivity contribution is 5.85. The molecule has 1 amide bonds. The average molecular weight is 432 g/mol. The van der Waals surface area contributed by atoms with Gasteiger partial charge in [-0.1, -0.05) is 62.4 Å². The van der Waals surface area contributed by atoms with Gasteiger partial charge in [0.05, 0.1) is 17.2 Å². The molecule has 166 valence electrons. The predicted molar refractivity (Wildman–Crippen MR) is 126 cm³/mol. The molecule has 4 aromatic rings. The van der Waals surface area contributed by atoms with Crippen molar-refractivity contribution in [2.45, 2.75) is 39.0 Å². The molecule has 0 spiro atoms. The highest BCUT2D eigenvalue weighted by atomic mass is 16.3. The van der Waals surface area contributed by atoms with Gasteiger partial charge in [0, 0.05) is 30.1 Å². The van der Waals surface area contributed by atoms with Crippen LogP contribution in [0.2, 0.25) is 0 Å². The molecule has 32 heavy (non-hydrogen) atoms. The molecule has 2 aromatic carbocycles. The molecule has 0 aliphatic rings. The van der Waals surface area contributed by atoms with E-state index in [1.807, 2.05) is 62.4 Å². The number of benzene rings is 2. The number of carbonyl (C=O) groups is 1. The second kappa shape index (κ2) is 8.83. The Kier molecular flexibility index (Phi) is 5.95. The van der Waals surface area contributed by atoms with Crippen LogP contribution in [0.4, 0.5) is 0 Å². The molecule has 1 unspecified atom stereocenters. The third-order valence-corrected chi connectivity index (χ3v) is 5.90. The molecule has 2 aromatic heterocycles. The minimum absolute atomic E-state index is 0.0213. The second-order valence-electron chi connectivity index (χ2n) is 8.44. The van der Waals surface area contributed by atoms with Gasteiger partial charge in [-0.2, -0.15) is 0 Å². The normalized spacial score (nSPS) is 12.4. The molecule has 0 fully saturated rings. The molecule has 0 aliphatic heterocycles. The maximum atomic E-state index is 11.5. The van der Waals surface area contributed by atoms with Gasteiger partial charge in [0.2, 0.25) is 5.91 Å². The average Bonchev–Trinajstić information content (AvgIpc) is 3.27. The number of aromatic amines is 2. The molecule has 1 atom stereocenters. The monoisotopic (exact) mass is 431 g/mol. The topological polar surface area (TPSA) is 101 Å². The largest absolute Gasteiger partial charge is 0.506 e. The van der Waals surface area contributed by atoms with E-state index in [0.717, 1.165) is 27.7 Å². The zero-order valence-corrected chi connectivity index (χ0v) is 18.6. The Labute approximate surface area is 187 Å². The highest BCUT2D eigenvalue weighted by Gasteiger charge is 2.31. The first-order valence-corrected chi connectivity index (χ1v) is 10.9. The molecule has 6 nitrogen and oxygen atoms in total. The molecule has 0 radical (unpaired) electrons. The molecule has 0 aliphatic carbocycles. The quantitative estimate of drug-likeness (QED) is 0.288. The van der Waals surface area contributed by atoms with E-state index in [1.54, 1.807) is 0 Å². The molecular weight excluding hydrogens is 402 g/mol. The first-order valence-electron chi connectivity index (χ1n) is 10.9. The van der Waals surface area contributed by atoms with E-state index < -0.39 is 5.92 Å². The van der Waals surface area contributed by atoms with Gasteiger partial charge >= 0.3 is 0 Å². The van der Waals surface area contributed by atoms with Crippen molar-refractivity contribution in [3.63, 3.8) is 0 Å². The molecule has 4 rings (SSSR count). The molecule has 0 saturated heterocycles. The summed E-state index contributed by atoms with van der Waals surface area (Å²) in [5, 5.41) is 25.9. The van der Waals surface area contributed by atoms with Gasteiger partial charge in [-0.15, -0.1) is 0 Å². The van der Waals surface area contributed by atoms with Gasteiger partial charge in [0.25, 0.3) is 0 Å². The molecular formula is C26H29N3O3. The fourth-order valence-electron chi connectivity index (χ4n) is 4.43. The van der Waals surface area contributed by atoms with Crippen molar-refractivity contribution in [3.05, 3.63) is 82.7 Å². The van der Waals surface area contributed by atoms with Crippen molar-refractivity contribution in [2.75, 3.05) is 6.54 Å². The van der Waals surface area contributed by atoms with Crippen LogP contribution in [0.25, 0.3) is 10.9 Å². The predicted octanol–water partition coefficient (Wildman–Crippen LogP) is 4.89. The Morgan fingerprint density at radius 3 is 2.31 bits per heavy atom. The number of aromatic hydroxyl groups is 2. The van der Waals surface area contributed by atoms with Crippen LogP contribution in [0.1, 0.15) is 60.7 Å². The third-order valence-electron chi connectivity index (χ3n) is 5.90. The van der Waals surface area contributed by atoms with Crippen LogP contribution < -0.4 is 5.32 Å². The summed E-state index contributed by atoms with van der Waals surface area (Å²) in [4.78, 5) is 18.0. The summed E-state index contributed by atoms with van der Waals surface area (Å²) in [5.74, 6) is -0.425. The molecule has 5 N–H and O–H groups in total. The Hall–Kier alpha value is -3.67. The standard InChI is InChI=1S/C26H29N3O3/c1-15(2)23-25(31)22(26(32)29-23)21(17-9-5-4-6-10-17)24-19(13-14-27-16(3)30)18-11-7-8-12-20(18)28-24/h4-12,15,21,28-29,31-32H,13-14H2,1-3H3,(H,27,30). The minimum Gasteiger partial charge on any atom is -0.506 e. The number of H-pyrrole nitrogens is 2. The van der Waals surface area contributed by atoms with E-state index in [1.165, 1.54) is 6.92 Å². The summed E-state index contributed by atoms with van der Waals surface area (Å²) in [6, 6.07) is 17.9. The van der Waals surface area contributed by atoms with Crippen LogP contribution in [0, 0.1) is 0 Å². The van der Waals surface area contributed by atoms with Crippen LogP contribution in [0.15, 0.2) is 54.6 Å². The Morgan fingerprint density at radius 2 is 1.66 bits per heavy atom. The minimum atomic E-state index is -0.417. The molecule has 2 heterocycles. The number of amides is 1. The van der Waals surface area contributed by atoms with Gasteiger partial charge in [0.1, 0.15) is 5.75 Å². The van der Waals surface area contributed by atoms with Crippen molar-refractivity contribution in [1.29, 1.82) is 0 Å². The summed E-state index contributed by atoms with van der Waals surface area (Å²) in [7, 11) is 0. The number of nitrogens with one attached hydrogen (secondary N) is 3. The van der Waals surface area contributed by atoms with Crippen molar-refractivity contribution >= 4 is 16.8 Å². The highest BCUT2D eigenvalue weighted by Crippen LogP contribution is 2.46. The van der Waals surface area contributed by atoms with E-state index in [0.29, 0.717) is 24.2 Å². The number of rotatable bonds is 7. The number of para-hydroxylation sites is 1.